The number of benzene rings is 2. The second-order valence-electron chi connectivity index (χ2n) is 3.55. The number of carbonyl (C=O) groups excluding carboxylic acids is 1. The van der Waals surface area contributed by atoms with E-state index in [1.54, 1.807) is 31.4 Å². The Morgan fingerprint density at radius 3 is 2.47 bits per heavy atom. The second-order valence-corrected chi connectivity index (χ2v) is 3.55. The molecule has 0 amide bonds. The van der Waals surface area contributed by atoms with Crippen LogP contribution in [0.5, 0.6) is 17.2 Å². The number of phenolic OH excluding ortho intramolecular Hbond substituents is 1. The standard InChI is InChI=1S/C13H12O4/c1-16-9-5-11-10(12(6-9)17-2)4-3-8(7-14)13(11)15/h3-7,15H,1-2H3. The van der Waals surface area contributed by atoms with Gasteiger partial charge in [0, 0.05) is 16.8 Å². The molecular formula is C13H12O4. The van der Waals surface area contributed by atoms with Gasteiger partial charge in [0.15, 0.2) is 6.29 Å². The van der Waals surface area contributed by atoms with Crippen molar-refractivity contribution in [3.63, 3.8) is 0 Å². The summed E-state index contributed by atoms with van der Waals surface area (Å²) in [7, 11) is 3.07. The highest BCUT2D eigenvalue weighted by atomic mass is 16.5. The molecule has 0 radical (unpaired) electrons. The number of aldehydes is 1. The van der Waals surface area contributed by atoms with Gasteiger partial charge in [-0.3, -0.25) is 4.79 Å². The molecule has 1 N–H and O–H groups in total. The van der Waals surface area contributed by atoms with E-state index < -0.39 is 0 Å². The minimum absolute atomic E-state index is 0.0605. The van der Waals surface area contributed by atoms with Gasteiger partial charge < -0.3 is 14.6 Å². The molecule has 0 aliphatic carbocycles. The van der Waals surface area contributed by atoms with Crippen LogP contribution in [0.2, 0.25) is 0 Å². The summed E-state index contributed by atoms with van der Waals surface area (Å²) in [5.41, 5.74) is 0.243. The van der Waals surface area contributed by atoms with Crippen molar-refractivity contribution in [2.45, 2.75) is 0 Å². The van der Waals surface area contributed by atoms with E-state index in [0.29, 0.717) is 23.2 Å². The fourth-order valence-corrected chi connectivity index (χ4v) is 1.76. The lowest BCUT2D eigenvalue weighted by Crippen LogP contribution is -1.90. The van der Waals surface area contributed by atoms with Gasteiger partial charge >= 0.3 is 0 Å². The van der Waals surface area contributed by atoms with Crippen LogP contribution in [0.3, 0.4) is 0 Å². The van der Waals surface area contributed by atoms with Crippen molar-refractivity contribution in [2.75, 3.05) is 14.2 Å². The second kappa shape index (κ2) is 4.33. The molecule has 0 atom stereocenters. The Morgan fingerprint density at radius 1 is 1.12 bits per heavy atom. The number of ether oxygens (including phenoxy) is 2. The molecule has 0 saturated heterocycles. The highest BCUT2D eigenvalue weighted by molar-refractivity contribution is 5.99. The highest BCUT2D eigenvalue weighted by Crippen LogP contribution is 2.37. The van der Waals surface area contributed by atoms with E-state index in [0.717, 1.165) is 5.39 Å². The molecule has 0 aromatic heterocycles. The zero-order valence-electron chi connectivity index (χ0n) is 9.56. The highest BCUT2D eigenvalue weighted by Gasteiger charge is 2.11. The molecule has 0 bridgehead atoms. The molecule has 4 heteroatoms. The van der Waals surface area contributed by atoms with E-state index in [1.165, 1.54) is 7.11 Å². The van der Waals surface area contributed by atoms with Gasteiger partial charge in [0.2, 0.25) is 0 Å². The molecule has 0 aliphatic heterocycles. The van der Waals surface area contributed by atoms with Crippen LogP contribution >= 0.6 is 0 Å². The van der Waals surface area contributed by atoms with Gasteiger partial charge in [-0.1, -0.05) is 0 Å². The molecule has 2 rings (SSSR count). The molecule has 4 nitrogen and oxygen atoms in total. The zero-order chi connectivity index (χ0) is 12.4. The average molecular weight is 232 g/mol. The molecule has 17 heavy (non-hydrogen) atoms. The normalized spacial score (nSPS) is 10.2. The number of fused-ring (bicyclic) bond motifs is 1. The first-order valence-corrected chi connectivity index (χ1v) is 5.04. The summed E-state index contributed by atoms with van der Waals surface area (Å²) in [4.78, 5) is 10.8. The van der Waals surface area contributed by atoms with Crippen molar-refractivity contribution >= 4 is 17.1 Å². The third kappa shape index (κ3) is 1.78. The topological polar surface area (TPSA) is 55.8 Å². The molecule has 0 saturated carbocycles. The molecule has 0 heterocycles. The first-order chi connectivity index (χ1) is 8.21. The minimum Gasteiger partial charge on any atom is -0.507 e. The van der Waals surface area contributed by atoms with Gasteiger partial charge in [-0.15, -0.1) is 0 Å². The van der Waals surface area contributed by atoms with Crippen molar-refractivity contribution in [1.29, 1.82) is 0 Å². The molecule has 2 aromatic rings. The van der Waals surface area contributed by atoms with E-state index >= 15 is 0 Å². The van der Waals surface area contributed by atoms with Crippen molar-refractivity contribution in [3.8, 4) is 17.2 Å². The van der Waals surface area contributed by atoms with Gasteiger partial charge in [0.25, 0.3) is 0 Å². The predicted molar refractivity (Wildman–Crippen MR) is 64.1 cm³/mol. The molecular weight excluding hydrogens is 220 g/mol. The smallest absolute Gasteiger partial charge is 0.153 e. The minimum atomic E-state index is -0.0605. The van der Waals surface area contributed by atoms with Crippen LogP contribution in [-0.2, 0) is 0 Å². The third-order valence-corrected chi connectivity index (χ3v) is 2.66. The number of rotatable bonds is 3. The Labute approximate surface area is 98.4 Å². The van der Waals surface area contributed by atoms with Gasteiger partial charge in [-0.2, -0.15) is 0 Å². The third-order valence-electron chi connectivity index (χ3n) is 2.66. The summed E-state index contributed by atoms with van der Waals surface area (Å²) in [6.07, 6.45) is 0.612. The summed E-state index contributed by atoms with van der Waals surface area (Å²) in [5, 5.41) is 11.2. The van der Waals surface area contributed by atoms with Crippen LogP contribution in [-0.4, -0.2) is 25.6 Å². The SMILES string of the molecule is COc1cc(OC)c2ccc(C=O)c(O)c2c1. The molecule has 0 aliphatic rings. The lowest BCUT2D eigenvalue weighted by molar-refractivity contribution is 0.112. The van der Waals surface area contributed by atoms with Crippen LogP contribution in [0.1, 0.15) is 10.4 Å². The van der Waals surface area contributed by atoms with Crippen LogP contribution < -0.4 is 9.47 Å². The lowest BCUT2D eigenvalue weighted by atomic mass is 10.0. The Hall–Kier alpha value is -2.23. The van der Waals surface area contributed by atoms with Crippen LogP contribution in [0.15, 0.2) is 24.3 Å². The van der Waals surface area contributed by atoms with Crippen molar-refractivity contribution in [2.24, 2.45) is 0 Å². The van der Waals surface area contributed by atoms with E-state index in [4.69, 9.17) is 9.47 Å². The number of carbonyl (C=O) groups is 1. The summed E-state index contributed by atoms with van der Waals surface area (Å²) >= 11 is 0. The Kier molecular flexibility index (Phi) is 2.87. The van der Waals surface area contributed by atoms with Gasteiger partial charge in [-0.25, -0.2) is 0 Å². The number of aromatic hydroxyl groups is 1. The molecule has 0 spiro atoms. The predicted octanol–water partition coefficient (Wildman–Crippen LogP) is 2.38. The van der Waals surface area contributed by atoms with Crippen LogP contribution in [0, 0.1) is 0 Å². The number of methoxy groups -OCH3 is 2. The van der Waals surface area contributed by atoms with Crippen molar-refractivity contribution in [1.82, 2.24) is 0 Å². The number of hydrogen-bond acceptors (Lipinski definition) is 4. The summed E-state index contributed by atoms with van der Waals surface area (Å²) in [6.45, 7) is 0. The monoisotopic (exact) mass is 232 g/mol. The van der Waals surface area contributed by atoms with E-state index in [2.05, 4.69) is 0 Å². The van der Waals surface area contributed by atoms with E-state index in [1.807, 2.05) is 0 Å². The largest absolute Gasteiger partial charge is 0.507 e. The van der Waals surface area contributed by atoms with E-state index in [-0.39, 0.29) is 11.3 Å². The van der Waals surface area contributed by atoms with E-state index in [9.17, 15) is 9.90 Å². The first-order valence-electron chi connectivity index (χ1n) is 5.04. The van der Waals surface area contributed by atoms with Gasteiger partial charge in [-0.05, 0) is 18.2 Å². The Morgan fingerprint density at radius 2 is 1.88 bits per heavy atom. The molecule has 88 valence electrons. The van der Waals surface area contributed by atoms with Crippen molar-refractivity contribution in [3.05, 3.63) is 29.8 Å². The zero-order valence-corrected chi connectivity index (χ0v) is 9.56. The van der Waals surface area contributed by atoms with Gasteiger partial charge in [0.05, 0.1) is 19.8 Å². The average Bonchev–Trinajstić information content (AvgIpc) is 2.38. The fraction of sp³-hybridized carbons (Fsp3) is 0.154. The summed E-state index contributed by atoms with van der Waals surface area (Å²) < 4.78 is 10.3. The van der Waals surface area contributed by atoms with Crippen LogP contribution in [0.25, 0.3) is 10.8 Å². The molecule has 2 aromatic carbocycles. The summed E-state index contributed by atoms with van der Waals surface area (Å²) in [5.74, 6) is 1.09. The van der Waals surface area contributed by atoms with Crippen LogP contribution in [0.4, 0.5) is 0 Å². The summed E-state index contributed by atoms with van der Waals surface area (Å²) in [6, 6.07) is 6.68. The number of hydrogen-bond donors (Lipinski definition) is 1. The Bertz CT molecular complexity index is 575. The van der Waals surface area contributed by atoms with Crippen molar-refractivity contribution < 1.29 is 19.4 Å². The first kappa shape index (κ1) is 11.3. The molecule has 0 fully saturated rings. The maximum Gasteiger partial charge on any atom is 0.153 e. The Balaban J connectivity index is 2.84. The maximum atomic E-state index is 10.8. The van der Waals surface area contributed by atoms with Gasteiger partial charge in [0.1, 0.15) is 17.2 Å². The maximum absolute atomic E-state index is 10.8. The quantitative estimate of drug-likeness (QED) is 0.825. The fourth-order valence-electron chi connectivity index (χ4n) is 1.76. The lowest BCUT2D eigenvalue weighted by Gasteiger charge is -2.10. The molecule has 0 unspecified atom stereocenters. The number of phenols is 1.